The molecule has 2 N–H and O–H groups in total. The summed E-state index contributed by atoms with van der Waals surface area (Å²) in [7, 11) is 7.33. The number of aromatic nitrogens is 3. The lowest BCUT2D eigenvalue weighted by Crippen LogP contribution is -2.32. The smallest absolute Gasteiger partial charge is 0.322 e. The first-order valence-corrected chi connectivity index (χ1v) is 5.45. The van der Waals surface area contributed by atoms with Crippen molar-refractivity contribution in [2.75, 3.05) is 45.4 Å². The minimum atomic E-state index is 0.296. The summed E-state index contributed by atoms with van der Waals surface area (Å²) in [6, 6.07) is 0.681. The lowest BCUT2D eigenvalue weighted by Gasteiger charge is -2.20. The first-order chi connectivity index (χ1) is 8.06. The fourth-order valence-electron chi connectivity index (χ4n) is 1.06. The Morgan fingerprint density at radius 2 is 1.88 bits per heavy atom. The second kappa shape index (κ2) is 6.19. The molecule has 0 amide bonds. The van der Waals surface area contributed by atoms with Crippen LogP contribution in [0.4, 0.5) is 11.9 Å². The summed E-state index contributed by atoms with van der Waals surface area (Å²) in [4.78, 5) is 14.4. The molecular weight excluding hydrogens is 220 g/mol. The van der Waals surface area contributed by atoms with Crippen LogP contribution in [0.1, 0.15) is 6.92 Å². The van der Waals surface area contributed by atoms with Crippen molar-refractivity contribution in [3.8, 4) is 6.01 Å². The summed E-state index contributed by atoms with van der Waals surface area (Å²) in [5.41, 5.74) is 0. The van der Waals surface area contributed by atoms with Crippen molar-refractivity contribution >= 4 is 11.9 Å². The highest BCUT2D eigenvalue weighted by Gasteiger charge is 2.08. The highest BCUT2D eigenvalue weighted by molar-refractivity contribution is 5.35. The lowest BCUT2D eigenvalue weighted by atomic mass is 10.3. The molecule has 0 spiro atoms. The zero-order valence-corrected chi connectivity index (χ0v) is 11.0. The Morgan fingerprint density at radius 3 is 2.41 bits per heavy atom. The third-order valence-corrected chi connectivity index (χ3v) is 2.46. The van der Waals surface area contributed by atoms with Crippen LogP contribution in [0.25, 0.3) is 0 Å². The van der Waals surface area contributed by atoms with Crippen LogP contribution in [0.2, 0.25) is 0 Å². The van der Waals surface area contributed by atoms with Gasteiger partial charge in [-0.2, -0.15) is 15.0 Å². The fourth-order valence-corrected chi connectivity index (χ4v) is 1.06. The molecule has 0 aliphatic carbocycles. The van der Waals surface area contributed by atoms with Gasteiger partial charge in [0.15, 0.2) is 0 Å². The molecule has 0 saturated carbocycles. The van der Waals surface area contributed by atoms with E-state index in [-0.39, 0.29) is 0 Å². The van der Waals surface area contributed by atoms with Crippen LogP contribution in [0, 0.1) is 0 Å². The summed E-state index contributed by atoms with van der Waals surface area (Å²) in [5.74, 6) is 0.992. The summed E-state index contributed by atoms with van der Waals surface area (Å²) < 4.78 is 5.00. The van der Waals surface area contributed by atoms with Gasteiger partial charge in [0.2, 0.25) is 11.9 Å². The molecule has 1 rings (SSSR count). The van der Waals surface area contributed by atoms with E-state index in [2.05, 4.69) is 37.4 Å². The highest BCUT2D eigenvalue weighted by atomic mass is 16.5. The molecule has 7 heteroatoms. The van der Waals surface area contributed by atoms with Gasteiger partial charge in [-0.3, -0.25) is 0 Å². The van der Waals surface area contributed by atoms with Gasteiger partial charge in [-0.15, -0.1) is 0 Å². The first kappa shape index (κ1) is 13.4. The molecular formula is C10H20N6O. The number of hydrogen-bond donors (Lipinski definition) is 2. The summed E-state index contributed by atoms with van der Waals surface area (Å²) in [6.07, 6.45) is 0. The summed E-state index contributed by atoms with van der Waals surface area (Å²) >= 11 is 0. The normalized spacial score (nSPS) is 12.4. The van der Waals surface area contributed by atoms with Gasteiger partial charge in [0.25, 0.3) is 0 Å². The predicted octanol–water partition coefficient (Wildman–Crippen LogP) is 0.284. The standard InChI is InChI=1S/C10H20N6O/c1-7(16(3)4)6-12-9-13-8(11-2)14-10(15-9)17-5/h7H,6H2,1-5H3,(H2,11,12,13,14,15). The van der Waals surface area contributed by atoms with Gasteiger partial charge in [-0.25, -0.2) is 0 Å². The molecule has 0 saturated heterocycles. The molecule has 1 unspecified atom stereocenters. The number of nitrogens with zero attached hydrogens (tertiary/aromatic N) is 4. The highest BCUT2D eigenvalue weighted by Crippen LogP contribution is 2.10. The Bertz CT molecular complexity index is 334. The van der Waals surface area contributed by atoms with Crippen LogP contribution in [0.15, 0.2) is 0 Å². The van der Waals surface area contributed by atoms with Crippen LogP contribution in [-0.4, -0.2) is 60.7 Å². The van der Waals surface area contributed by atoms with E-state index in [1.165, 1.54) is 7.11 Å². The van der Waals surface area contributed by atoms with E-state index in [9.17, 15) is 0 Å². The van der Waals surface area contributed by atoms with Gasteiger partial charge >= 0.3 is 6.01 Å². The van der Waals surface area contributed by atoms with Gasteiger partial charge in [-0.1, -0.05) is 0 Å². The Kier molecular flexibility index (Phi) is 4.89. The van der Waals surface area contributed by atoms with E-state index in [0.29, 0.717) is 23.9 Å². The SMILES string of the molecule is CNc1nc(NCC(C)N(C)C)nc(OC)n1. The average Bonchev–Trinajstić information content (AvgIpc) is 2.35. The quantitative estimate of drug-likeness (QED) is 0.740. The van der Waals surface area contributed by atoms with Gasteiger partial charge < -0.3 is 20.3 Å². The number of likely N-dealkylation sites (N-methyl/N-ethyl adjacent to an activating group) is 1. The molecule has 96 valence electrons. The second-order valence-corrected chi connectivity index (χ2v) is 3.91. The van der Waals surface area contributed by atoms with Crippen molar-refractivity contribution in [2.45, 2.75) is 13.0 Å². The van der Waals surface area contributed by atoms with Crippen LogP contribution in [0.3, 0.4) is 0 Å². The van der Waals surface area contributed by atoms with Gasteiger partial charge in [0.05, 0.1) is 7.11 Å². The Morgan fingerprint density at radius 1 is 1.24 bits per heavy atom. The van der Waals surface area contributed by atoms with E-state index in [1.54, 1.807) is 7.05 Å². The first-order valence-electron chi connectivity index (χ1n) is 5.45. The third kappa shape index (κ3) is 4.03. The zero-order chi connectivity index (χ0) is 12.8. The van der Waals surface area contributed by atoms with Crippen LogP contribution in [-0.2, 0) is 0 Å². The molecule has 0 fully saturated rings. The number of hydrogen-bond acceptors (Lipinski definition) is 7. The minimum absolute atomic E-state index is 0.296. The van der Waals surface area contributed by atoms with Crippen molar-refractivity contribution in [2.24, 2.45) is 0 Å². The largest absolute Gasteiger partial charge is 0.467 e. The Hall–Kier alpha value is -1.63. The average molecular weight is 240 g/mol. The maximum absolute atomic E-state index is 5.00. The summed E-state index contributed by atoms with van der Waals surface area (Å²) in [6.45, 7) is 2.87. The molecule has 1 aromatic heterocycles. The number of anilines is 2. The van der Waals surface area contributed by atoms with E-state index in [1.807, 2.05) is 14.1 Å². The summed E-state index contributed by atoms with van der Waals surface area (Å²) in [5, 5.41) is 6.01. The van der Waals surface area contributed by atoms with Gasteiger partial charge in [0, 0.05) is 19.6 Å². The number of nitrogens with one attached hydrogen (secondary N) is 2. The number of rotatable bonds is 6. The molecule has 7 nitrogen and oxygen atoms in total. The molecule has 17 heavy (non-hydrogen) atoms. The molecule has 0 radical (unpaired) electrons. The molecule has 1 aromatic rings. The Balaban J connectivity index is 2.70. The van der Waals surface area contributed by atoms with Gasteiger partial charge in [0.1, 0.15) is 0 Å². The topological polar surface area (TPSA) is 75.2 Å². The van der Waals surface area contributed by atoms with E-state index >= 15 is 0 Å². The van der Waals surface area contributed by atoms with E-state index < -0.39 is 0 Å². The monoisotopic (exact) mass is 240 g/mol. The molecule has 0 aliphatic rings. The van der Waals surface area contributed by atoms with Crippen molar-refractivity contribution in [3.63, 3.8) is 0 Å². The Labute approximate surface area is 102 Å². The minimum Gasteiger partial charge on any atom is -0.467 e. The lowest BCUT2D eigenvalue weighted by molar-refractivity contribution is 0.325. The third-order valence-electron chi connectivity index (χ3n) is 2.46. The maximum atomic E-state index is 5.00. The molecule has 0 aromatic carbocycles. The van der Waals surface area contributed by atoms with Crippen LogP contribution in [0.5, 0.6) is 6.01 Å². The van der Waals surface area contributed by atoms with Crippen molar-refractivity contribution in [1.82, 2.24) is 19.9 Å². The van der Waals surface area contributed by atoms with E-state index in [0.717, 1.165) is 6.54 Å². The maximum Gasteiger partial charge on any atom is 0.322 e. The predicted molar refractivity (Wildman–Crippen MR) is 67.6 cm³/mol. The second-order valence-electron chi connectivity index (χ2n) is 3.91. The van der Waals surface area contributed by atoms with E-state index in [4.69, 9.17) is 4.74 Å². The molecule has 1 heterocycles. The zero-order valence-electron chi connectivity index (χ0n) is 11.0. The molecule has 0 aliphatic heterocycles. The molecule has 0 bridgehead atoms. The number of methoxy groups -OCH3 is 1. The van der Waals surface area contributed by atoms with Gasteiger partial charge in [-0.05, 0) is 21.0 Å². The fraction of sp³-hybridized carbons (Fsp3) is 0.700. The number of ether oxygens (including phenoxy) is 1. The van der Waals surface area contributed by atoms with Crippen molar-refractivity contribution in [1.29, 1.82) is 0 Å². The van der Waals surface area contributed by atoms with Crippen LogP contribution >= 0.6 is 0 Å². The molecule has 1 atom stereocenters. The van der Waals surface area contributed by atoms with Crippen molar-refractivity contribution in [3.05, 3.63) is 0 Å². The van der Waals surface area contributed by atoms with Crippen molar-refractivity contribution < 1.29 is 4.74 Å². The van der Waals surface area contributed by atoms with Crippen LogP contribution < -0.4 is 15.4 Å².